The van der Waals surface area contributed by atoms with E-state index in [9.17, 15) is 9.18 Å². The van der Waals surface area contributed by atoms with Crippen LogP contribution in [0.4, 0.5) is 10.1 Å². The highest BCUT2D eigenvalue weighted by Gasteiger charge is 2.17. The molecule has 1 fully saturated rings. The molecule has 0 amide bonds. The Morgan fingerprint density at radius 1 is 1.06 bits per heavy atom. The predicted octanol–water partition coefficient (Wildman–Crippen LogP) is 4.42. The Hall–Kier alpha value is -2.86. The van der Waals surface area contributed by atoms with Crippen LogP contribution >= 0.6 is 0 Å². The molecule has 5 nitrogen and oxygen atoms in total. The average Bonchev–Trinajstić information content (AvgIpc) is 2.83. The van der Waals surface area contributed by atoms with E-state index in [-0.39, 0.29) is 5.43 Å². The second-order valence-electron chi connectivity index (χ2n) is 8.04. The molecular formula is C25H29FN2O3. The van der Waals surface area contributed by atoms with Crippen LogP contribution < -0.4 is 15.1 Å². The van der Waals surface area contributed by atoms with E-state index in [0.29, 0.717) is 23.1 Å². The molecule has 1 saturated heterocycles. The zero-order chi connectivity index (χ0) is 21.6. The van der Waals surface area contributed by atoms with Crippen molar-refractivity contribution < 1.29 is 13.5 Å². The summed E-state index contributed by atoms with van der Waals surface area (Å²) in [5, 5.41) is 0.574. The number of hydrogen-bond acceptors (Lipinski definition) is 5. The van der Waals surface area contributed by atoms with Gasteiger partial charge in [0.2, 0.25) is 0 Å². The van der Waals surface area contributed by atoms with Gasteiger partial charge < -0.3 is 14.1 Å². The van der Waals surface area contributed by atoms with E-state index >= 15 is 0 Å². The van der Waals surface area contributed by atoms with Crippen molar-refractivity contribution in [3.63, 3.8) is 0 Å². The van der Waals surface area contributed by atoms with Gasteiger partial charge in [-0.1, -0.05) is 12.1 Å². The van der Waals surface area contributed by atoms with Crippen molar-refractivity contribution in [1.29, 1.82) is 0 Å². The first-order valence-electron chi connectivity index (χ1n) is 10.9. The molecule has 164 valence electrons. The number of unbranched alkanes of at least 4 members (excludes halogenated alkanes) is 1. The van der Waals surface area contributed by atoms with Gasteiger partial charge in [-0.05, 0) is 61.7 Å². The van der Waals surface area contributed by atoms with Gasteiger partial charge in [0.1, 0.15) is 18.0 Å². The maximum Gasteiger partial charge on any atom is 0.195 e. The fourth-order valence-corrected chi connectivity index (χ4v) is 4.17. The number of methoxy groups -OCH3 is 1. The van der Waals surface area contributed by atoms with Crippen molar-refractivity contribution in [2.75, 3.05) is 44.7 Å². The minimum atomic E-state index is -0.420. The first-order valence-corrected chi connectivity index (χ1v) is 10.9. The Labute approximate surface area is 182 Å². The van der Waals surface area contributed by atoms with E-state index in [1.165, 1.54) is 0 Å². The summed E-state index contributed by atoms with van der Waals surface area (Å²) < 4.78 is 23.8. The molecule has 0 saturated carbocycles. The van der Waals surface area contributed by atoms with Crippen LogP contribution in [0.5, 0.6) is 5.75 Å². The van der Waals surface area contributed by atoms with E-state index in [1.807, 2.05) is 18.2 Å². The molecule has 0 radical (unpaired) electrons. The number of halogens is 1. The molecule has 2 heterocycles. The third kappa shape index (κ3) is 5.07. The number of fused-ring (bicyclic) bond motifs is 1. The second-order valence-corrected chi connectivity index (χ2v) is 8.04. The normalized spacial score (nSPS) is 14.8. The third-order valence-electron chi connectivity index (χ3n) is 6.02. The number of benzene rings is 2. The first-order chi connectivity index (χ1) is 15.2. The molecule has 0 spiro atoms. The van der Waals surface area contributed by atoms with E-state index in [4.69, 9.17) is 9.15 Å². The summed E-state index contributed by atoms with van der Waals surface area (Å²) in [6.45, 7) is 4.50. The standard InChI is InChI=1S/C25H29FN2O3/c1-30-22-8-9-24-23(16-22)25(29)20(18-31-24)6-2-3-10-27-11-13-28(14-12-27)21-7-4-5-19(15-21)17-26/h4-5,7-9,15-16,18H,2-3,6,10-14,17H2,1H3. The van der Waals surface area contributed by atoms with Crippen LogP contribution in [0.25, 0.3) is 11.0 Å². The molecule has 4 rings (SSSR count). The highest BCUT2D eigenvalue weighted by Crippen LogP contribution is 2.20. The van der Waals surface area contributed by atoms with Crippen LogP contribution in [-0.2, 0) is 13.1 Å². The highest BCUT2D eigenvalue weighted by molar-refractivity contribution is 5.78. The molecule has 0 N–H and O–H groups in total. The Kier molecular flexibility index (Phi) is 6.87. The van der Waals surface area contributed by atoms with Crippen molar-refractivity contribution in [2.45, 2.75) is 25.9 Å². The van der Waals surface area contributed by atoms with Gasteiger partial charge in [-0.3, -0.25) is 9.69 Å². The van der Waals surface area contributed by atoms with E-state index in [0.717, 1.165) is 62.4 Å². The van der Waals surface area contributed by atoms with Crippen molar-refractivity contribution in [3.8, 4) is 5.75 Å². The van der Waals surface area contributed by atoms with E-state index in [2.05, 4.69) is 15.9 Å². The van der Waals surface area contributed by atoms with Gasteiger partial charge >= 0.3 is 0 Å². The highest BCUT2D eigenvalue weighted by atomic mass is 19.1. The molecule has 31 heavy (non-hydrogen) atoms. The number of ether oxygens (including phenoxy) is 1. The molecule has 0 unspecified atom stereocenters. The summed E-state index contributed by atoms with van der Waals surface area (Å²) in [4.78, 5) is 17.5. The van der Waals surface area contributed by atoms with Gasteiger partial charge in [-0.25, -0.2) is 4.39 Å². The molecule has 1 aliphatic heterocycles. The van der Waals surface area contributed by atoms with Gasteiger partial charge in [0.15, 0.2) is 5.43 Å². The van der Waals surface area contributed by atoms with E-state index < -0.39 is 6.67 Å². The molecule has 3 aromatic rings. The van der Waals surface area contributed by atoms with Crippen LogP contribution in [0, 0.1) is 0 Å². The molecule has 0 aliphatic carbocycles. The SMILES string of the molecule is COc1ccc2occ(CCCCN3CCN(c4cccc(CF)c4)CC3)c(=O)c2c1. The molecule has 1 aromatic heterocycles. The number of hydrogen-bond donors (Lipinski definition) is 0. The predicted molar refractivity (Wildman–Crippen MR) is 122 cm³/mol. The lowest BCUT2D eigenvalue weighted by atomic mass is 10.1. The fraction of sp³-hybridized carbons (Fsp3) is 0.400. The number of alkyl halides is 1. The Bertz CT molecular complexity index is 1070. The minimum absolute atomic E-state index is 0.0317. The monoisotopic (exact) mass is 424 g/mol. The van der Waals surface area contributed by atoms with Crippen molar-refractivity contribution in [3.05, 3.63) is 70.1 Å². The van der Waals surface area contributed by atoms with Crippen LogP contribution in [0.3, 0.4) is 0 Å². The molecule has 2 aromatic carbocycles. The van der Waals surface area contributed by atoms with Crippen LogP contribution in [0.15, 0.2) is 57.9 Å². The fourth-order valence-electron chi connectivity index (χ4n) is 4.17. The zero-order valence-electron chi connectivity index (χ0n) is 18.0. The van der Waals surface area contributed by atoms with Crippen LogP contribution in [0.1, 0.15) is 24.0 Å². The Morgan fingerprint density at radius 2 is 1.90 bits per heavy atom. The third-order valence-corrected chi connectivity index (χ3v) is 6.02. The summed E-state index contributed by atoms with van der Waals surface area (Å²) in [6.07, 6.45) is 4.29. The number of nitrogens with zero attached hydrogens (tertiary/aromatic N) is 2. The maximum atomic E-state index is 12.9. The molecule has 1 aliphatic rings. The molecular weight excluding hydrogens is 395 g/mol. The van der Waals surface area contributed by atoms with Crippen LogP contribution in [0.2, 0.25) is 0 Å². The van der Waals surface area contributed by atoms with Crippen molar-refractivity contribution >= 4 is 16.7 Å². The molecule has 0 atom stereocenters. The van der Waals surface area contributed by atoms with Crippen molar-refractivity contribution in [1.82, 2.24) is 4.90 Å². The number of piperazine rings is 1. The van der Waals surface area contributed by atoms with Gasteiger partial charge in [0.25, 0.3) is 0 Å². The Morgan fingerprint density at radius 3 is 2.68 bits per heavy atom. The van der Waals surface area contributed by atoms with Gasteiger partial charge in [-0.2, -0.15) is 0 Å². The van der Waals surface area contributed by atoms with E-state index in [1.54, 1.807) is 31.6 Å². The summed E-state index contributed by atoms with van der Waals surface area (Å²) in [5.41, 5.74) is 3.18. The Balaban J connectivity index is 1.25. The average molecular weight is 425 g/mol. The first kappa shape index (κ1) is 21.4. The lowest BCUT2D eigenvalue weighted by Crippen LogP contribution is -2.46. The van der Waals surface area contributed by atoms with Crippen molar-refractivity contribution in [2.24, 2.45) is 0 Å². The molecule has 6 heteroatoms. The minimum Gasteiger partial charge on any atom is -0.497 e. The van der Waals surface area contributed by atoms with Gasteiger partial charge in [-0.15, -0.1) is 0 Å². The zero-order valence-corrected chi connectivity index (χ0v) is 18.0. The summed E-state index contributed by atoms with van der Waals surface area (Å²) >= 11 is 0. The smallest absolute Gasteiger partial charge is 0.195 e. The maximum absolute atomic E-state index is 12.9. The number of anilines is 1. The van der Waals surface area contributed by atoms with Crippen LogP contribution in [-0.4, -0.2) is 44.7 Å². The topological polar surface area (TPSA) is 45.9 Å². The summed E-state index contributed by atoms with van der Waals surface area (Å²) in [5.74, 6) is 0.660. The second kappa shape index (κ2) is 9.96. The molecule has 0 bridgehead atoms. The van der Waals surface area contributed by atoms with Gasteiger partial charge in [0, 0.05) is 37.4 Å². The summed E-state index contributed by atoms with van der Waals surface area (Å²) in [7, 11) is 1.59. The summed E-state index contributed by atoms with van der Waals surface area (Å²) in [6, 6.07) is 13.1. The van der Waals surface area contributed by atoms with Gasteiger partial charge in [0.05, 0.1) is 18.8 Å². The lowest BCUT2D eigenvalue weighted by molar-refractivity contribution is 0.253. The quantitative estimate of drug-likeness (QED) is 0.501. The number of rotatable bonds is 8. The number of aryl methyl sites for hydroxylation is 1. The lowest BCUT2D eigenvalue weighted by Gasteiger charge is -2.36. The largest absolute Gasteiger partial charge is 0.497 e.